The van der Waals surface area contributed by atoms with Gasteiger partial charge in [-0.2, -0.15) is 0 Å². The fourth-order valence-corrected chi connectivity index (χ4v) is 2.81. The number of nitrogens with zero attached hydrogens (tertiary/aromatic N) is 2. The number of hydrogen-bond donors (Lipinski definition) is 0. The van der Waals surface area contributed by atoms with E-state index >= 15 is 0 Å². The van der Waals surface area contributed by atoms with Crippen molar-refractivity contribution in [2.45, 2.75) is 6.92 Å². The van der Waals surface area contributed by atoms with Gasteiger partial charge in [0.1, 0.15) is 10.2 Å². The number of benzene rings is 2. The lowest BCUT2D eigenvalue weighted by Crippen LogP contribution is -2.31. The molecule has 2 aromatic carbocycles. The zero-order chi connectivity index (χ0) is 20.3. The van der Waals surface area contributed by atoms with E-state index in [4.69, 9.17) is 44.4 Å². The molecule has 0 aliphatic carbocycles. The highest BCUT2D eigenvalue weighted by Crippen LogP contribution is 2.36. The summed E-state index contributed by atoms with van der Waals surface area (Å²) >= 11 is 17.6. The van der Waals surface area contributed by atoms with Crippen LogP contribution >= 0.6 is 34.8 Å². The standard InChI is InChI=1S/C19H13Cl3N2O4/c1-2-27-12-8-9-14-13(10-12)16(23-14)17(15(20)18(21)22)24(26)28-19(25)11-6-4-3-5-7-11/h3-10H,2H2,1H3. The molecule has 0 unspecified atom stereocenters. The number of fused-ring (bicyclic) bond motifs is 1. The molecule has 0 aromatic heterocycles. The normalized spacial score (nSPS) is 12.8. The van der Waals surface area contributed by atoms with Gasteiger partial charge in [-0.15, -0.1) is 0 Å². The molecule has 3 rings (SSSR count). The van der Waals surface area contributed by atoms with Crippen LogP contribution in [-0.4, -0.2) is 28.9 Å². The molecule has 0 saturated carbocycles. The summed E-state index contributed by atoms with van der Waals surface area (Å²) in [5.41, 5.74) is 1.29. The van der Waals surface area contributed by atoms with Gasteiger partial charge in [0, 0.05) is 11.1 Å². The Morgan fingerprint density at radius 2 is 1.86 bits per heavy atom. The van der Waals surface area contributed by atoms with Gasteiger partial charge in [-0.1, -0.05) is 65.1 Å². The average molecular weight is 440 g/mol. The third-order valence-corrected chi connectivity index (χ3v) is 4.66. The van der Waals surface area contributed by atoms with Crippen molar-refractivity contribution in [1.82, 2.24) is 0 Å². The van der Waals surface area contributed by atoms with E-state index in [0.717, 1.165) is 0 Å². The molecule has 1 aliphatic heterocycles. The lowest BCUT2D eigenvalue weighted by atomic mass is 9.97. The molecule has 0 spiro atoms. The lowest BCUT2D eigenvalue weighted by molar-refractivity contribution is -0.708. The molecule has 0 N–H and O–H groups in total. The molecule has 1 heterocycles. The van der Waals surface area contributed by atoms with E-state index in [1.54, 1.807) is 36.4 Å². The number of carbonyl (C=O) groups is 1. The molecule has 0 saturated heterocycles. The number of rotatable bonds is 6. The SMILES string of the molecule is CCOc1ccc2c(c1)C(C(C(Cl)=C(Cl)Cl)=[N+]([O-])OC(=O)c1ccccc1)=N2. The van der Waals surface area contributed by atoms with Crippen LogP contribution in [0.15, 0.2) is 63.0 Å². The van der Waals surface area contributed by atoms with Crippen LogP contribution in [0.5, 0.6) is 5.75 Å². The highest BCUT2D eigenvalue weighted by Gasteiger charge is 2.35. The molecule has 2 aromatic rings. The number of aliphatic imine (C=N–C) groups is 1. The zero-order valence-corrected chi connectivity index (χ0v) is 16.8. The van der Waals surface area contributed by atoms with Gasteiger partial charge >= 0.3 is 5.71 Å². The minimum absolute atomic E-state index is 0.0441. The van der Waals surface area contributed by atoms with Crippen LogP contribution in [0.4, 0.5) is 5.69 Å². The largest absolute Gasteiger partial charge is 0.494 e. The first-order chi connectivity index (χ1) is 13.4. The van der Waals surface area contributed by atoms with Crippen molar-refractivity contribution in [3.05, 3.63) is 74.4 Å². The summed E-state index contributed by atoms with van der Waals surface area (Å²) in [5, 5.41) is 12.3. The van der Waals surface area contributed by atoms with Crippen molar-refractivity contribution >= 4 is 57.9 Å². The van der Waals surface area contributed by atoms with Crippen molar-refractivity contribution in [2.75, 3.05) is 6.61 Å². The maximum atomic E-state index is 12.6. The molecule has 9 heteroatoms. The molecule has 0 bridgehead atoms. The van der Waals surface area contributed by atoms with Crippen molar-refractivity contribution in [1.29, 1.82) is 0 Å². The molecule has 0 amide bonds. The Morgan fingerprint density at radius 1 is 1.14 bits per heavy atom. The summed E-state index contributed by atoms with van der Waals surface area (Å²) in [6, 6.07) is 13.2. The van der Waals surface area contributed by atoms with Gasteiger partial charge in [0.15, 0.2) is 10.7 Å². The van der Waals surface area contributed by atoms with Crippen LogP contribution < -0.4 is 4.74 Å². The molecular formula is C19H13Cl3N2O4. The maximum absolute atomic E-state index is 12.6. The second-order valence-electron chi connectivity index (χ2n) is 5.50. The van der Waals surface area contributed by atoms with E-state index in [1.807, 2.05) is 6.92 Å². The van der Waals surface area contributed by atoms with Crippen molar-refractivity contribution < 1.29 is 19.3 Å². The molecule has 144 valence electrons. The average Bonchev–Trinajstić information content (AvgIpc) is 2.67. The number of halogens is 3. The second-order valence-corrected chi connectivity index (χ2v) is 6.82. The summed E-state index contributed by atoms with van der Waals surface area (Å²) < 4.78 is 5.09. The van der Waals surface area contributed by atoms with E-state index in [2.05, 4.69) is 4.99 Å². The van der Waals surface area contributed by atoms with Crippen LogP contribution in [0.25, 0.3) is 0 Å². The Hall–Kier alpha value is -2.54. The first kappa shape index (κ1) is 20.2. The van der Waals surface area contributed by atoms with Crippen LogP contribution in [0.1, 0.15) is 22.8 Å². The third kappa shape index (κ3) is 4.14. The highest BCUT2D eigenvalue weighted by atomic mass is 35.5. The summed E-state index contributed by atoms with van der Waals surface area (Å²) in [5.74, 6) is -0.282. The Balaban J connectivity index is 1.99. The highest BCUT2D eigenvalue weighted by molar-refractivity contribution is 6.70. The predicted molar refractivity (Wildman–Crippen MR) is 109 cm³/mol. The molecule has 28 heavy (non-hydrogen) atoms. The van der Waals surface area contributed by atoms with E-state index in [0.29, 0.717) is 23.6 Å². The van der Waals surface area contributed by atoms with Gasteiger partial charge < -0.3 is 9.57 Å². The Morgan fingerprint density at radius 3 is 2.50 bits per heavy atom. The quantitative estimate of drug-likeness (QED) is 0.271. The van der Waals surface area contributed by atoms with Gasteiger partial charge in [0.25, 0.3) is 5.97 Å². The molecule has 6 nitrogen and oxygen atoms in total. The van der Waals surface area contributed by atoms with Gasteiger partial charge in [-0.3, -0.25) is 10.0 Å². The topological polar surface area (TPSA) is 74.0 Å². The summed E-state index contributed by atoms with van der Waals surface area (Å²) in [7, 11) is 0. The fraction of sp³-hybridized carbons (Fsp3) is 0.105. The minimum atomic E-state index is -0.869. The van der Waals surface area contributed by atoms with Gasteiger partial charge in [0.05, 0.1) is 17.2 Å². The zero-order valence-electron chi connectivity index (χ0n) is 14.5. The van der Waals surface area contributed by atoms with Crippen molar-refractivity contribution in [2.24, 2.45) is 4.99 Å². The Labute approximate surface area is 175 Å². The molecule has 0 radical (unpaired) electrons. The molecule has 0 atom stereocenters. The van der Waals surface area contributed by atoms with Crippen LogP contribution in [0.2, 0.25) is 0 Å². The van der Waals surface area contributed by atoms with Crippen LogP contribution in [0, 0.1) is 5.21 Å². The van der Waals surface area contributed by atoms with E-state index < -0.39 is 5.97 Å². The van der Waals surface area contributed by atoms with Crippen LogP contribution in [-0.2, 0) is 4.84 Å². The van der Waals surface area contributed by atoms with Gasteiger partial charge in [0.2, 0.25) is 0 Å². The Kier molecular flexibility index (Phi) is 6.24. The van der Waals surface area contributed by atoms with Crippen LogP contribution in [0.3, 0.4) is 0 Å². The number of allylic oxidation sites excluding steroid dienone is 1. The minimum Gasteiger partial charge on any atom is -0.494 e. The first-order valence-corrected chi connectivity index (χ1v) is 9.24. The van der Waals surface area contributed by atoms with E-state index in [-0.39, 0.29) is 31.4 Å². The number of carbonyl (C=O) groups excluding carboxylic acids is 1. The van der Waals surface area contributed by atoms with Gasteiger partial charge in [-0.25, -0.2) is 4.99 Å². The first-order valence-electron chi connectivity index (χ1n) is 8.11. The number of hydrogen-bond acceptors (Lipinski definition) is 5. The van der Waals surface area contributed by atoms with Crippen molar-refractivity contribution in [3.63, 3.8) is 0 Å². The Bertz CT molecular complexity index is 1010. The maximum Gasteiger partial charge on any atom is 0.315 e. The summed E-state index contributed by atoms with van der Waals surface area (Å²) in [6.45, 7) is 2.32. The van der Waals surface area contributed by atoms with E-state index in [9.17, 15) is 10.0 Å². The molecular weight excluding hydrogens is 427 g/mol. The predicted octanol–water partition coefficient (Wildman–Crippen LogP) is 5.13. The monoisotopic (exact) mass is 438 g/mol. The molecule has 1 aliphatic rings. The summed E-state index contributed by atoms with van der Waals surface area (Å²) in [4.78, 5) is 21.3. The number of ether oxygens (including phenoxy) is 1. The summed E-state index contributed by atoms with van der Waals surface area (Å²) in [6.07, 6.45) is 0. The molecule has 0 fully saturated rings. The van der Waals surface area contributed by atoms with Gasteiger partial charge in [-0.05, 0) is 25.1 Å². The smallest absolute Gasteiger partial charge is 0.315 e. The van der Waals surface area contributed by atoms with Crippen molar-refractivity contribution in [3.8, 4) is 5.75 Å². The third-order valence-electron chi connectivity index (χ3n) is 3.72. The second kappa shape index (κ2) is 8.65. The lowest BCUT2D eigenvalue weighted by Gasteiger charge is -2.19. The fourth-order valence-electron chi connectivity index (χ4n) is 2.47. The van der Waals surface area contributed by atoms with E-state index in [1.165, 1.54) is 12.1 Å².